The Hall–Kier alpha value is -2.91. The van der Waals surface area contributed by atoms with Crippen molar-refractivity contribution < 1.29 is 0 Å². The molecule has 0 aliphatic heterocycles. The van der Waals surface area contributed by atoms with Gasteiger partial charge in [-0.25, -0.2) is 9.97 Å². The lowest BCUT2D eigenvalue weighted by atomic mass is 10.0. The van der Waals surface area contributed by atoms with Gasteiger partial charge in [-0.3, -0.25) is 0 Å². The molecule has 4 rings (SSSR count). The Bertz CT molecular complexity index is 1050. The highest BCUT2D eigenvalue weighted by Gasteiger charge is 2.13. The van der Waals surface area contributed by atoms with Gasteiger partial charge in [0.15, 0.2) is 0 Å². The van der Waals surface area contributed by atoms with Gasteiger partial charge in [-0.15, -0.1) is 0 Å². The summed E-state index contributed by atoms with van der Waals surface area (Å²) in [7, 11) is 4.06. The standard InChI is InChI=1S/C22H18ClN3/c1-26(2)18-13-9-16(10-14-18)22-21(15-7-11-17(23)12-8-15)24-19-5-3-4-6-20(19)25-22/h3-14H,1-2H3. The predicted molar refractivity (Wildman–Crippen MR) is 110 cm³/mol. The molecule has 0 N–H and O–H groups in total. The van der Waals surface area contributed by atoms with E-state index in [0.717, 1.165) is 39.2 Å². The summed E-state index contributed by atoms with van der Waals surface area (Å²) < 4.78 is 0. The highest BCUT2D eigenvalue weighted by atomic mass is 35.5. The van der Waals surface area contributed by atoms with Crippen molar-refractivity contribution in [3.8, 4) is 22.5 Å². The van der Waals surface area contributed by atoms with Crippen LogP contribution < -0.4 is 4.90 Å². The van der Waals surface area contributed by atoms with Crippen LogP contribution in [0.4, 0.5) is 5.69 Å². The average Bonchev–Trinajstić information content (AvgIpc) is 2.68. The minimum Gasteiger partial charge on any atom is -0.378 e. The van der Waals surface area contributed by atoms with Gasteiger partial charge >= 0.3 is 0 Å². The molecule has 0 aliphatic rings. The van der Waals surface area contributed by atoms with Crippen molar-refractivity contribution in [2.24, 2.45) is 0 Å². The number of nitrogens with zero attached hydrogens (tertiary/aromatic N) is 3. The van der Waals surface area contributed by atoms with Gasteiger partial charge in [0.25, 0.3) is 0 Å². The molecule has 0 fully saturated rings. The number of para-hydroxylation sites is 2. The summed E-state index contributed by atoms with van der Waals surface area (Å²) in [4.78, 5) is 11.9. The third-order valence-electron chi connectivity index (χ3n) is 4.35. The molecule has 0 saturated heterocycles. The van der Waals surface area contributed by atoms with Crippen LogP contribution in [0.3, 0.4) is 0 Å². The smallest absolute Gasteiger partial charge is 0.0973 e. The van der Waals surface area contributed by atoms with Gasteiger partial charge in [0.05, 0.1) is 22.4 Å². The normalized spacial score (nSPS) is 10.9. The van der Waals surface area contributed by atoms with Crippen LogP contribution in [-0.2, 0) is 0 Å². The van der Waals surface area contributed by atoms with E-state index in [0.29, 0.717) is 5.02 Å². The fourth-order valence-electron chi connectivity index (χ4n) is 2.93. The fourth-order valence-corrected chi connectivity index (χ4v) is 3.05. The van der Waals surface area contributed by atoms with Gasteiger partial charge in [0, 0.05) is 35.9 Å². The van der Waals surface area contributed by atoms with Crippen molar-refractivity contribution in [3.63, 3.8) is 0 Å². The molecule has 0 saturated carbocycles. The van der Waals surface area contributed by atoms with E-state index in [1.165, 1.54) is 0 Å². The topological polar surface area (TPSA) is 29.0 Å². The summed E-state index contributed by atoms with van der Waals surface area (Å²) in [6.07, 6.45) is 0. The highest BCUT2D eigenvalue weighted by Crippen LogP contribution is 2.32. The van der Waals surface area contributed by atoms with Crippen LogP contribution >= 0.6 is 11.6 Å². The van der Waals surface area contributed by atoms with Gasteiger partial charge in [0.1, 0.15) is 0 Å². The Labute approximate surface area is 157 Å². The molecule has 4 heteroatoms. The average molecular weight is 360 g/mol. The lowest BCUT2D eigenvalue weighted by molar-refractivity contribution is 1.13. The quantitative estimate of drug-likeness (QED) is 0.471. The molecule has 3 nitrogen and oxygen atoms in total. The summed E-state index contributed by atoms with van der Waals surface area (Å²) >= 11 is 6.06. The Morgan fingerprint density at radius 3 is 1.58 bits per heavy atom. The molecule has 0 amide bonds. The van der Waals surface area contributed by atoms with Crippen molar-refractivity contribution in [3.05, 3.63) is 77.8 Å². The van der Waals surface area contributed by atoms with Crippen molar-refractivity contribution in [1.82, 2.24) is 9.97 Å². The maximum Gasteiger partial charge on any atom is 0.0973 e. The van der Waals surface area contributed by atoms with Crippen LogP contribution in [0.15, 0.2) is 72.8 Å². The number of hydrogen-bond donors (Lipinski definition) is 0. The zero-order valence-corrected chi connectivity index (χ0v) is 15.4. The van der Waals surface area contributed by atoms with Crippen LogP contribution in [0.5, 0.6) is 0 Å². The third-order valence-corrected chi connectivity index (χ3v) is 4.60. The number of anilines is 1. The number of halogens is 1. The SMILES string of the molecule is CN(C)c1ccc(-c2nc3ccccc3nc2-c2ccc(Cl)cc2)cc1. The van der Waals surface area contributed by atoms with Crippen LogP contribution in [0.1, 0.15) is 0 Å². The van der Waals surface area contributed by atoms with E-state index in [1.807, 2.05) is 62.6 Å². The first-order chi connectivity index (χ1) is 12.6. The molecular formula is C22H18ClN3. The predicted octanol–water partition coefficient (Wildman–Crippen LogP) is 5.68. The van der Waals surface area contributed by atoms with Gasteiger partial charge in [-0.1, -0.05) is 48.0 Å². The van der Waals surface area contributed by atoms with E-state index in [9.17, 15) is 0 Å². The number of fused-ring (bicyclic) bond motifs is 1. The molecule has 0 aliphatic carbocycles. The van der Waals surface area contributed by atoms with Crippen LogP contribution in [0.25, 0.3) is 33.5 Å². The molecule has 0 spiro atoms. The molecule has 0 atom stereocenters. The van der Waals surface area contributed by atoms with Crippen molar-refractivity contribution in [2.45, 2.75) is 0 Å². The molecule has 0 bridgehead atoms. The number of benzene rings is 3. The Balaban J connectivity index is 1.93. The summed E-state index contributed by atoms with van der Waals surface area (Å²) in [6, 6.07) is 24.0. The summed E-state index contributed by atoms with van der Waals surface area (Å²) in [5.41, 5.74) is 6.69. The van der Waals surface area contributed by atoms with Gasteiger partial charge in [-0.2, -0.15) is 0 Å². The molecule has 0 radical (unpaired) electrons. The number of aromatic nitrogens is 2. The van der Waals surface area contributed by atoms with Crippen molar-refractivity contribution >= 4 is 28.3 Å². The van der Waals surface area contributed by atoms with Gasteiger partial charge < -0.3 is 4.90 Å². The maximum atomic E-state index is 6.06. The van der Waals surface area contributed by atoms with E-state index >= 15 is 0 Å². The Morgan fingerprint density at radius 1 is 0.654 bits per heavy atom. The van der Waals surface area contributed by atoms with E-state index < -0.39 is 0 Å². The molecule has 1 heterocycles. The number of hydrogen-bond acceptors (Lipinski definition) is 3. The van der Waals surface area contributed by atoms with Gasteiger partial charge in [-0.05, 0) is 36.4 Å². The first-order valence-electron chi connectivity index (χ1n) is 8.42. The largest absolute Gasteiger partial charge is 0.378 e. The van der Waals surface area contributed by atoms with Crippen molar-refractivity contribution in [2.75, 3.05) is 19.0 Å². The Morgan fingerprint density at radius 2 is 1.12 bits per heavy atom. The molecule has 26 heavy (non-hydrogen) atoms. The first kappa shape index (κ1) is 16.6. The summed E-state index contributed by atoms with van der Waals surface area (Å²) in [5, 5.41) is 0.708. The van der Waals surface area contributed by atoms with E-state index in [1.54, 1.807) is 0 Å². The summed E-state index contributed by atoms with van der Waals surface area (Å²) in [5.74, 6) is 0. The molecule has 3 aromatic carbocycles. The minimum absolute atomic E-state index is 0.708. The monoisotopic (exact) mass is 359 g/mol. The fraction of sp³-hybridized carbons (Fsp3) is 0.0909. The zero-order valence-electron chi connectivity index (χ0n) is 14.6. The summed E-state index contributed by atoms with van der Waals surface area (Å²) in [6.45, 7) is 0. The second-order valence-corrected chi connectivity index (χ2v) is 6.79. The maximum absolute atomic E-state index is 6.06. The van der Waals surface area contributed by atoms with Crippen LogP contribution in [0.2, 0.25) is 5.02 Å². The molecule has 1 aromatic heterocycles. The second-order valence-electron chi connectivity index (χ2n) is 6.36. The van der Waals surface area contributed by atoms with Gasteiger partial charge in [0.2, 0.25) is 0 Å². The molecule has 4 aromatic rings. The minimum atomic E-state index is 0.708. The van der Waals surface area contributed by atoms with E-state index in [-0.39, 0.29) is 0 Å². The Kier molecular flexibility index (Phi) is 4.31. The number of rotatable bonds is 3. The third kappa shape index (κ3) is 3.14. The molecule has 128 valence electrons. The van der Waals surface area contributed by atoms with Crippen LogP contribution in [-0.4, -0.2) is 24.1 Å². The van der Waals surface area contributed by atoms with Crippen molar-refractivity contribution in [1.29, 1.82) is 0 Å². The molecular weight excluding hydrogens is 342 g/mol. The first-order valence-corrected chi connectivity index (χ1v) is 8.80. The highest BCUT2D eigenvalue weighted by molar-refractivity contribution is 6.30. The lowest BCUT2D eigenvalue weighted by Crippen LogP contribution is -2.08. The lowest BCUT2D eigenvalue weighted by Gasteiger charge is -2.14. The zero-order chi connectivity index (χ0) is 18.1. The van der Waals surface area contributed by atoms with E-state index in [4.69, 9.17) is 21.6 Å². The molecule has 0 unspecified atom stereocenters. The van der Waals surface area contributed by atoms with Crippen LogP contribution in [0, 0.1) is 0 Å². The second kappa shape index (κ2) is 6.77. The van der Waals surface area contributed by atoms with E-state index in [2.05, 4.69) is 29.2 Å².